The molecule has 1 atom stereocenters. The van der Waals surface area contributed by atoms with Crippen LogP contribution < -0.4 is 10.2 Å². The van der Waals surface area contributed by atoms with Gasteiger partial charge in [0.05, 0.1) is 0 Å². The monoisotopic (exact) mass is 343 g/mol. The Balaban J connectivity index is 1.43. The molecule has 0 saturated carbocycles. The standard InChI is InChI=1S/C21H33N3O/c1-17-4-3-11-24(16-17)20-7-5-19(6-8-20)15-22-21(25)14-18-9-12-23(2)13-10-18/h5-8,17-18H,3-4,9-16H2,1-2H3,(H,22,25)/t17-/m0/s1. The summed E-state index contributed by atoms with van der Waals surface area (Å²) in [6.45, 7) is 7.54. The average molecular weight is 344 g/mol. The van der Waals surface area contributed by atoms with Crippen molar-refractivity contribution in [1.29, 1.82) is 0 Å². The second kappa shape index (κ2) is 8.70. The van der Waals surface area contributed by atoms with Crippen molar-refractivity contribution in [2.24, 2.45) is 11.8 Å². The van der Waals surface area contributed by atoms with Crippen molar-refractivity contribution in [3.05, 3.63) is 29.8 Å². The lowest BCUT2D eigenvalue weighted by atomic mass is 9.93. The van der Waals surface area contributed by atoms with Crippen molar-refractivity contribution in [1.82, 2.24) is 10.2 Å². The van der Waals surface area contributed by atoms with E-state index in [1.165, 1.54) is 24.1 Å². The summed E-state index contributed by atoms with van der Waals surface area (Å²) in [5.74, 6) is 1.54. The summed E-state index contributed by atoms with van der Waals surface area (Å²) in [7, 11) is 2.16. The molecule has 3 rings (SSSR count). The van der Waals surface area contributed by atoms with E-state index in [4.69, 9.17) is 0 Å². The highest BCUT2D eigenvalue weighted by molar-refractivity contribution is 5.76. The lowest BCUT2D eigenvalue weighted by molar-refractivity contribution is -0.122. The molecule has 1 aromatic carbocycles. The Morgan fingerprint density at radius 3 is 2.52 bits per heavy atom. The highest BCUT2D eigenvalue weighted by Crippen LogP contribution is 2.23. The van der Waals surface area contributed by atoms with Gasteiger partial charge < -0.3 is 15.1 Å². The van der Waals surface area contributed by atoms with Crippen molar-refractivity contribution in [2.45, 2.75) is 45.6 Å². The Bertz CT molecular complexity index is 549. The van der Waals surface area contributed by atoms with Gasteiger partial charge in [0.25, 0.3) is 0 Å². The van der Waals surface area contributed by atoms with E-state index < -0.39 is 0 Å². The largest absolute Gasteiger partial charge is 0.371 e. The molecular weight excluding hydrogens is 310 g/mol. The normalized spacial score (nSPS) is 22.8. The number of anilines is 1. The third-order valence-electron chi connectivity index (χ3n) is 5.76. The summed E-state index contributed by atoms with van der Waals surface area (Å²) in [4.78, 5) is 17.0. The summed E-state index contributed by atoms with van der Waals surface area (Å²) in [6, 6.07) is 8.72. The lowest BCUT2D eigenvalue weighted by Gasteiger charge is -2.32. The minimum absolute atomic E-state index is 0.198. The summed E-state index contributed by atoms with van der Waals surface area (Å²) in [5, 5.41) is 3.10. The maximum atomic E-state index is 12.2. The summed E-state index contributed by atoms with van der Waals surface area (Å²) < 4.78 is 0. The van der Waals surface area contributed by atoms with Crippen LogP contribution in [0.15, 0.2) is 24.3 Å². The summed E-state index contributed by atoms with van der Waals surface area (Å²) in [5.41, 5.74) is 2.50. The van der Waals surface area contributed by atoms with E-state index in [0.717, 1.165) is 44.9 Å². The topological polar surface area (TPSA) is 35.6 Å². The molecule has 0 unspecified atom stereocenters. The maximum Gasteiger partial charge on any atom is 0.220 e. The molecule has 0 spiro atoms. The molecular formula is C21H33N3O. The van der Waals surface area contributed by atoms with Crippen LogP contribution in [0, 0.1) is 11.8 Å². The third-order valence-corrected chi connectivity index (χ3v) is 5.76. The van der Waals surface area contributed by atoms with Crippen molar-refractivity contribution in [2.75, 3.05) is 38.1 Å². The number of rotatable bonds is 5. The second-order valence-electron chi connectivity index (χ2n) is 8.09. The van der Waals surface area contributed by atoms with Crippen LogP contribution in [0.1, 0.15) is 44.6 Å². The highest BCUT2D eigenvalue weighted by atomic mass is 16.1. The highest BCUT2D eigenvalue weighted by Gasteiger charge is 2.19. The Morgan fingerprint density at radius 2 is 1.84 bits per heavy atom. The average Bonchev–Trinajstić information content (AvgIpc) is 2.62. The predicted octanol–water partition coefficient (Wildman–Crippen LogP) is 3.27. The number of likely N-dealkylation sites (tertiary alicyclic amines) is 1. The molecule has 0 aliphatic carbocycles. The van der Waals surface area contributed by atoms with E-state index in [0.29, 0.717) is 18.9 Å². The van der Waals surface area contributed by atoms with Gasteiger partial charge >= 0.3 is 0 Å². The molecule has 138 valence electrons. The third kappa shape index (κ3) is 5.46. The first-order chi connectivity index (χ1) is 12.1. The van der Waals surface area contributed by atoms with E-state index in [1.807, 2.05) is 0 Å². The fraction of sp³-hybridized carbons (Fsp3) is 0.667. The molecule has 4 nitrogen and oxygen atoms in total. The fourth-order valence-corrected chi connectivity index (χ4v) is 4.05. The predicted molar refractivity (Wildman–Crippen MR) is 104 cm³/mol. The van der Waals surface area contributed by atoms with Gasteiger partial charge in [-0.05, 0) is 75.4 Å². The Hall–Kier alpha value is -1.55. The van der Waals surface area contributed by atoms with Crippen LogP contribution in [0.4, 0.5) is 5.69 Å². The van der Waals surface area contributed by atoms with Gasteiger partial charge in [0.1, 0.15) is 0 Å². The Morgan fingerprint density at radius 1 is 1.12 bits per heavy atom. The minimum Gasteiger partial charge on any atom is -0.371 e. The molecule has 0 bridgehead atoms. The molecule has 2 saturated heterocycles. The van der Waals surface area contributed by atoms with Crippen LogP contribution in [-0.2, 0) is 11.3 Å². The van der Waals surface area contributed by atoms with Gasteiger partial charge in [-0.25, -0.2) is 0 Å². The number of nitrogens with zero attached hydrogens (tertiary/aromatic N) is 2. The van der Waals surface area contributed by atoms with Gasteiger partial charge in [-0.15, -0.1) is 0 Å². The molecule has 1 N–H and O–H groups in total. The molecule has 2 fully saturated rings. The number of carbonyl (C=O) groups excluding carboxylic acids is 1. The molecule has 2 aliphatic heterocycles. The van der Waals surface area contributed by atoms with Gasteiger partial charge in [0, 0.05) is 31.7 Å². The first-order valence-electron chi connectivity index (χ1n) is 9.89. The molecule has 1 aromatic rings. The minimum atomic E-state index is 0.198. The number of amides is 1. The van der Waals surface area contributed by atoms with E-state index in [-0.39, 0.29) is 5.91 Å². The zero-order valence-electron chi connectivity index (χ0n) is 15.8. The fourth-order valence-electron chi connectivity index (χ4n) is 4.05. The van der Waals surface area contributed by atoms with Crippen LogP contribution >= 0.6 is 0 Å². The number of hydrogen-bond acceptors (Lipinski definition) is 3. The van der Waals surface area contributed by atoms with E-state index >= 15 is 0 Å². The van der Waals surface area contributed by atoms with Crippen molar-refractivity contribution < 1.29 is 4.79 Å². The number of carbonyl (C=O) groups is 1. The first kappa shape index (κ1) is 18.2. The molecule has 1 amide bonds. The number of piperidine rings is 2. The van der Waals surface area contributed by atoms with Crippen LogP contribution in [0.25, 0.3) is 0 Å². The lowest BCUT2D eigenvalue weighted by Crippen LogP contribution is -2.34. The van der Waals surface area contributed by atoms with Gasteiger partial charge in [0.2, 0.25) is 5.91 Å². The van der Waals surface area contributed by atoms with Crippen molar-refractivity contribution >= 4 is 11.6 Å². The van der Waals surface area contributed by atoms with E-state index in [9.17, 15) is 4.79 Å². The SMILES string of the molecule is C[C@H]1CCCN(c2ccc(CNC(=O)CC3CCN(C)CC3)cc2)C1. The van der Waals surface area contributed by atoms with E-state index in [1.54, 1.807) is 0 Å². The van der Waals surface area contributed by atoms with E-state index in [2.05, 4.69) is 53.4 Å². The molecule has 0 radical (unpaired) electrons. The number of hydrogen-bond donors (Lipinski definition) is 1. The van der Waals surface area contributed by atoms with Gasteiger partial charge in [-0.3, -0.25) is 4.79 Å². The van der Waals surface area contributed by atoms with Gasteiger partial charge in [-0.2, -0.15) is 0 Å². The van der Waals surface area contributed by atoms with Crippen molar-refractivity contribution in [3.63, 3.8) is 0 Å². The van der Waals surface area contributed by atoms with Crippen LogP contribution in [0.3, 0.4) is 0 Å². The van der Waals surface area contributed by atoms with Gasteiger partial charge in [0.15, 0.2) is 0 Å². The quantitative estimate of drug-likeness (QED) is 0.891. The number of nitrogens with one attached hydrogen (secondary N) is 1. The molecule has 0 aromatic heterocycles. The molecule has 2 aliphatic rings. The van der Waals surface area contributed by atoms with Crippen LogP contribution in [0.2, 0.25) is 0 Å². The molecule has 4 heteroatoms. The van der Waals surface area contributed by atoms with Crippen molar-refractivity contribution in [3.8, 4) is 0 Å². The summed E-state index contributed by atoms with van der Waals surface area (Å²) in [6.07, 6.45) is 5.60. The van der Waals surface area contributed by atoms with Gasteiger partial charge in [-0.1, -0.05) is 19.1 Å². The van der Waals surface area contributed by atoms with Crippen LogP contribution in [-0.4, -0.2) is 44.0 Å². The smallest absolute Gasteiger partial charge is 0.220 e. The Kier molecular flexibility index (Phi) is 6.35. The summed E-state index contributed by atoms with van der Waals surface area (Å²) >= 11 is 0. The maximum absolute atomic E-state index is 12.2. The molecule has 2 heterocycles. The Labute approximate surface area is 152 Å². The number of benzene rings is 1. The zero-order valence-corrected chi connectivity index (χ0v) is 15.8. The molecule has 25 heavy (non-hydrogen) atoms. The first-order valence-corrected chi connectivity index (χ1v) is 9.89. The van der Waals surface area contributed by atoms with Crippen LogP contribution in [0.5, 0.6) is 0 Å². The second-order valence-corrected chi connectivity index (χ2v) is 8.09. The zero-order chi connectivity index (χ0) is 17.6.